The lowest BCUT2D eigenvalue weighted by Crippen LogP contribution is -2.39. The van der Waals surface area contributed by atoms with Crippen LogP contribution in [0.4, 0.5) is 13.2 Å². The third-order valence-electron chi connectivity index (χ3n) is 4.46. The van der Waals surface area contributed by atoms with Gasteiger partial charge >= 0.3 is 6.18 Å². The van der Waals surface area contributed by atoms with Crippen LogP contribution in [0.1, 0.15) is 25.6 Å². The van der Waals surface area contributed by atoms with Gasteiger partial charge < -0.3 is 15.2 Å². The van der Waals surface area contributed by atoms with Crippen molar-refractivity contribution >= 4 is 41.0 Å². The van der Waals surface area contributed by atoms with E-state index in [-0.39, 0.29) is 24.0 Å². The Balaban J connectivity index is 0.00000450. The van der Waals surface area contributed by atoms with Gasteiger partial charge in [0.2, 0.25) is 0 Å². The number of hydrogen-bond donors (Lipinski definition) is 2. The molecule has 0 amide bonds. The number of imidazole rings is 1. The van der Waals surface area contributed by atoms with Gasteiger partial charge in [0.1, 0.15) is 5.82 Å². The Labute approximate surface area is 193 Å². The van der Waals surface area contributed by atoms with Gasteiger partial charge in [-0.3, -0.25) is 9.89 Å². The van der Waals surface area contributed by atoms with E-state index in [4.69, 9.17) is 0 Å². The summed E-state index contributed by atoms with van der Waals surface area (Å²) in [5, 5.41) is 6.36. The molecule has 0 saturated carbocycles. The second-order valence-electron chi connectivity index (χ2n) is 7.05. The molecule has 0 spiro atoms. The van der Waals surface area contributed by atoms with Gasteiger partial charge in [0.05, 0.1) is 17.6 Å². The van der Waals surface area contributed by atoms with E-state index < -0.39 is 12.7 Å². The van der Waals surface area contributed by atoms with Gasteiger partial charge in [0.15, 0.2) is 5.96 Å². The molecule has 1 aromatic carbocycles. The zero-order chi connectivity index (χ0) is 21.3. The van der Waals surface area contributed by atoms with Gasteiger partial charge in [-0.25, -0.2) is 4.98 Å². The number of aryl methyl sites for hydroxylation is 2. The van der Waals surface area contributed by atoms with Crippen molar-refractivity contribution in [2.45, 2.75) is 39.4 Å². The minimum Gasteiger partial charge on any atom is -0.357 e. The van der Waals surface area contributed by atoms with Gasteiger partial charge in [0, 0.05) is 26.2 Å². The molecule has 6 nitrogen and oxygen atoms in total. The predicted octanol–water partition coefficient (Wildman–Crippen LogP) is 3.79. The number of alkyl halides is 3. The van der Waals surface area contributed by atoms with Gasteiger partial charge in [-0.15, -0.1) is 24.0 Å². The first kappa shape index (κ1) is 26.5. The molecule has 2 aromatic rings. The molecular formula is C20H32F3IN6. The van der Waals surface area contributed by atoms with Gasteiger partial charge in [-0.05, 0) is 52.4 Å². The summed E-state index contributed by atoms with van der Waals surface area (Å²) in [6.07, 6.45) is -2.68. The van der Waals surface area contributed by atoms with Crippen molar-refractivity contribution < 1.29 is 13.2 Å². The molecule has 170 valence electrons. The quantitative estimate of drug-likeness (QED) is 0.209. The topological polar surface area (TPSA) is 57.5 Å². The third kappa shape index (κ3) is 9.07. The predicted molar refractivity (Wildman–Crippen MR) is 127 cm³/mol. The highest BCUT2D eigenvalue weighted by molar-refractivity contribution is 14.0. The molecule has 2 rings (SSSR count). The van der Waals surface area contributed by atoms with Crippen LogP contribution in [-0.2, 0) is 6.54 Å². The second-order valence-corrected chi connectivity index (χ2v) is 7.05. The van der Waals surface area contributed by atoms with Crippen LogP contribution < -0.4 is 10.6 Å². The van der Waals surface area contributed by atoms with Gasteiger partial charge in [0.25, 0.3) is 0 Å². The van der Waals surface area contributed by atoms with Crippen molar-refractivity contribution in [1.29, 1.82) is 0 Å². The molecule has 1 heterocycles. The maximum atomic E-state index is 12.3. The fraction of sp³-hybridized carbons (Fsp3) is 0.600. The molecule has 0 saturated heterocycles. The van der Waals surface area contributed by atoms with Crippen molar-refractivity contribution in [2.75, 3.05) is 39.8 Å². The molecule has 0 fully saturated rings. The number of para-hydroxylation sites is 2. The molecule has 0 aliphatic rings. The minimum absolute atomic E-state index is 0. The Hall–Kier alpha value is -1.56. The lowest BCUT2D eigenvalue weighted by molar-refractivity contribution is -0.143. The summed E-state index contributed by atoms with van der Waals surface area (Å²) >= 11 is 0. The standard InChI is InChI=1S/C20H31F3N6.HI/c1-4-24-19(25-11-7-13-28(3)15-20(21,22)23)26-12-8-14-29-16(2)27-17-9-5-6-10-18(17)29;/h5-6,9-10H,4,7-8,11-15H2,1-3H3,(H2,24,25,26);1H. The number of halogens is 4. The molecule has 0 aliphatic carbocycles. The van der Waals surface area contributed by atoms with E-state index in [0.29, 0.717) is 32.0 Å². The summed E-state index contributed by atoms with van der Waals surface area (Å²) in [5.74, 6) is 1.68. The van der Waals surface area contributed by atoms with E-state index >= 15 is 0 Å². The summed E-state index contributed by atoms with van der Waals surface area (Å²) in [5.41, 5.74) is 2.13. The molecule has 0 atom stereocenters. The number of rotatable bonds is 10. The van der Waals surface area contributed by atoms with Crippen molar-refractivity contribution in [3.05, 3.63) is 30.1 Å². The number of nitrogens with zero attached hydrogens (tertiary/aromatic N) is 4. The van der Waals surface area contributed by atoms with Crippen molar-refractivity contribution in [1.82, 2.24) is 25.1 Å². The highest BCUT2D eigenvalue weighted by atomic mass is 127. The molecule has 0 radical (unpaired) electrons. The molecule has 0 aliphatic heterocycles. The third-order valence-corrected chi connectivity index (χ3v) is 4.46. The van der Waals surface area contributed by atoms with Crippen LogP contribution in [0.5, 0.6) is 0 Å². The van der Waals surface area contributed by atoms with E-state index in [1.165, 1.54) is 11.9 Å². The molecule has 30 heavy (non-hydrogen) atoms. The maximum Gasteiger partial charge on any atom is 0.401 e. The van der Waals surface area contributed by atoms with Gasteiger partial charge in [-0.1, -0.05) is 12.1 Å². The molecule has 0 bridgehead atoms. The van der Waals surface area contributed by atoms with Crippen LogP contribution in [0.3, 0.4) is 0 Å². The minimum atomic E-state index is -4.16. The summed E-state index contributed by atoms with van der Waals surface area (Å²) in [6, 6.07) is 8.08. The SMILES string of the molecule is CCNC(=NCCCn1c(C)nc2ccccc21)NCCCN(C)CC(F)(F)F.I. The number of aliphatic imine (C=N–C) groups is 1. The van der Waals surface area contributed by atoms with Crippen LogP contribution in [0.2, 0.25) is 0 Å². The number of aromatic nitrogens is 2. The lowest BCUT2D eigenvalue weighted by atomic mass is 10.3. The number of hydrogen-bond acceptors (Lipinski definition) is 3. The zero-order valence-electron chi connectivity index (χ0n) is 17.8. The molecule has 2 N–H and O–H groups in total. The van der Waals surface area contributed by atoms with E-state index in [9.17, 15) is 13.2 Å². The summed E-state index contributed by atoms with van der Waals surface area (Å²) in [4.78, 5) is 10.4. The Morgan fingerprint density at radius 2 is 1.93 bits per heavy atom. The fourth-order valence-corrected chi connectivity index (χ4v) is 3.18. The second kappa shape index (κ2) is 13.0. The van der Waals surface area contributed by atoms with Crippen LogP contribution in [0.15, 0.2) is 29.3 Å². The van der Waals surface area contributed by atoms with Crippen molar-refractivity contribution in [2.24, 2.45) is 4.99 Å². The number of fused-ring (bicyclic) bond motifs is 1. The summed E-state index contributed by atoms with van der Waals surface area (Å²) in [6.45, 7) is 6.25. The maximum absolute atomic E-state index is 12.3. The first-order valence-electron chi connectivity index (χ1n) is 9.99. The monoisotopic (exact) mass is 540 g/mol. The van der Waals surface area contributed by atoms with Crippen LogP contribution >= 0.6 is 24.0 Å². The normalized spacial score (nSPS) is 12.3. The van der Waals surface area contributed by atoms with Crippen LogP contribution in [0.25, 0.3) is 11.0 Å². The van der Waals surface area contributed by atoms with E-state index in [2.05, 4.69) is 31.2 Å². The molecule has 1 aromatic heterocycles. The molecular weight excluding hydrogens is 508 g/mol. The van der Waals surface area contributed by atoms with E-state index in [0.717, 1.165) is 36.4 Å². The van der Waals surface area contributed by atoms with Crippen molar-refractivity contribution in [3.8, 4) is 0 Å². The number of guanidine groups is 1. The Bertz CT molecular complexity index is 790. The number of benzene rings is 1. The van der Waals surface area contributed by atoms with Crippen LogP contribution in [0, 0.1) is 6.92 Å². The zero-order valence-corrected chi connectivity index (χ0v) is 20.1. The average molecular weight is 540 g/mol. The van der Waals surface area contributed by atoms with E-state index in [1.54, 1.807) is 0 Å². The van der Waals surface area contributed by atoms with Crippen molar-refractivity contribution in [3.63, 3.8) is 0 Å². The van der Waals surface area contributed by atoms with Gasteiger partial charge in [-0.2, -0.15) is 13.2 Å². The first-order valence-corrected chi connectivity index (χ1v) is 9.99. The summed E-state index contributed by atoms with van der Waals surface area (Å²) < 4.78 is 39.2. The lowest BCUT2D eigenvalue weighted by Gasteiger charge is -2.19. The van der Waals surface area contributed by atoms with Crippen LogP contribution in [-0.4, -0.2) is 66.4 Å². The first-order chi connectivity index (χ1) is 13.8. The Morgan fingerprint density at radius 1 is 1.20 bits per heavy atom. The van der Waals surface area contributed by atoms with E-state index in [1.807, 2.05) is 32.0 Å². The highest BCUT2D eigenvalue weighted by Gasteiger charge is 2.28. The fourth-order valence-electron chi connectivity index (χ4n) is 3.18. The molecule has 10 heteroatoms. The number of nitrogens with one attached hydrogen (secondary N) is 2. The average Bonchev–Trinajstić information content (AvgIpc) is 2.96. The Kier molecular flexibility index (Phi) is 11.5. The Morgan fingerprint density at radius 3 is 2.63 bits per heavy atom. The summed E-state index contributed by atoms with van der Waals surface area (Å²) in [7, 11) is 1.48. The smallest absolute Gasteiger partial charge is 0.357 e. The highest BCUT2D eigenvalue weighted by Crippen LogP contribution is 2.16. The molecule has 0 unspecified atom stereocenters. The largest absolute Gasteiger partial charge is 0.401 e.